The number of aliphatic hydroxyl groups is 3. The van der Waals surface area contributed by atoms with Crippen LogP contribution in [0.15, 0.2) is 42.2 Å². The van der Waals surface area contributed by atoms with Crippen molar-refractivity contribution in [2.75, 3.05) is 6.61 Å². The number of H-pyrrole nitrogens is 1. The smallest absolute Gasteiger partial charge is 0.278 e. The Labute approximate surface area is 140 Å². The Morgan fingerprint density at radius 1 is 1.20 bits per heavy atom. The van der Waals surface area contributed by atoms with Gasteiger partial charge >= 0.3 is 0 Å². The highest BCUT2D eigenvalue weighted by Crippen LogP contribution is 2.30. The fourth-order valence-corrected chi connectivity index (χ4v) is 2.41. The third kappa shape index (κ3) is 3.39. The lowest BCUT2D eigenvalue weighted by molar-refractivity contribution is -0.0511. The fraction of sp³-hybridized carbons (Fsp3) is 0.357. The Balaban J connectivity index is 0.000000258. The van der Waals surface area contributed by atoms with Gasteiger partial charge in [-0.1, -0.05) is 0 Å². The molecule has 3 aromatic rings. The third-order valence-corrected chi connectivity index (χ3v) is 3.63. The van der Waals surface area contributed by atoms with Crippen molar-refractivity contribution in [1.82, 2.24) is 29.5 Å². The van der Waals surface area contributed by atoms with Crippen molar-refractivity contribution >= 4 is 11.2 Å². The van der Waals surface area contributed by atoms with Gasteiger partial charge in [-0.05, 0) is 6.07 Å². The van der Waals surface area contributed by atoms with Gasteiger partial charge < -0.3 is 25.0 Å². The number of fused-ring (bicyclic) bond motifs is 1. The molecule has 1 aliphatic heterocycles. The fourth-order valence-electron chi connectivity index (χ4n) is 2.41. The molecule has 4 heterocycles. The van der Waals surface area contributed by atoms with Crippen molar-refractivity contribution in [3.05, 3.63) is 47.8 Å². The summed E-state index contributed by atoms with van der Waals surface area (Å²) in [6.07, 6.45) is 3.09. The van der Waals surface area contributed by atoms with E-state index >= 15 is 0 Å². The second-order valence-corrected chi connectivity index (χ2v) is 5.19. The third-order valence-electron chi connectivity index (χ3n) is 3.63. The number of imidazole rings is 1. The molecule has 0 aliphatic carbocycles. The van der Waals surface area contributed by atoms with E-state index in [-0.39, 0.29) is 11.2 Å². The molecule has 4 N–H and O–H groups in total. The molecule has 4 atom stereocenters. The first-order valence-corrected chi connectivity index (χ1v) is 7.36. The molecule has 1 saturated heterocycles. The lowest BCUT2D eigenvalue weighted by atomic mass is 10.1. The monoisotopic (exact) mass is 348 g/mol. The number of aromatic nitrogens is 6. The first-order chi connectivity index (χ1) is 12.1. The molecular formula is C14H16N6O5. The van der Waals surface area contributed by atoms with Crippen LogP contribution in [-0.4, -0.2) is 69.7 Å². The maximum atomic E-state index is 11.5. The van der Waals surface area contributed by atoms with Gasteiger partial charge in [0.1, 0.15) is 24.6 Å². The van der Waals surface area contributed by atoms with Crippen LogP contribution >= 0.6 is 0 Å². The standard InChI is InChI=1S/C10H12N4O5.C4H4N2/c15-1-4-6(16)7(17)10(19-4)14-3-13-5-8(14)11-2-12-9(5)18;1-2-5-4-6-3-1/h2-4,6-7,10,15-17H,1H2,(H,11,12,18);1-4H/t4-,6-,7-,10-;/m1./s1. The molecule has 1 aliphatic rings. The molecule has 0 bridgehead atoms. The van der Waals surface area contributed by atoms with Gasteiger partial charge in [0.25, 0.3) is 5.56 Å². The topological polar surface area (TPSA) is 159 Å². The summed E-state index contributed by atoms with van der Waals surface area (Å²) in [5.41, 5.74) is -0.0608. The lowest BCUT2D eigenvalue weighted by Crippen LogP contribution is -2.33. The first kappa shape index (κ1) is 17.1. The van der Waals surface area contributed by atoms with Crippen LogP contribution in [0.25, 0.3) is 11.2 Å². The van der Waals surface area contributed by atoms with E-state index < -0.39 is 36.7 Å². The molecule has 3 aromatic heterocycles. The van der Waals surface area contributed by atoms with E-state index in [1.807, 2.05) is 0 Å². The second kappa shape index (κ2) is 7.44. The van der Waals surface area contributed by atoms with Crippen LogP contribution in [0.1, 0.15) is 6.23 Å². The van der Waals surface area contributed by atoms with E-state index in [1.165, 1.54) is 23.5 Å². The number of ether oxygens (including phenoxy) is 1. The Bertz CT molecular complexity index is 842. The van der Waals surface area contributed by atoms with E-state index in [0.717, 1.165) is 0 Å². The lowest BCUT2D eigenvalue weighted by Gasteiger charge is -2.16. The van der Waals surface area contributed by atoms with Gasteiger partial charge in [0.15, 0.2) is 17.4 Å². The molecular weight excluding hydrogens is 332 g/mol. The Morgan fingerprint density at radius 2 is 1.96 bits per heavy atom. The highest BCUT2D eigenvalue weighted by atomic mass is 16.6. The predicted molar refractivity (Wildman–Crippen MR) is 83.2 cm³/mol. The summed E-state index contributed by atoms with van der Waals surface area (Å²) in [5.74, 6) is 0. The van der Waals surface area contributed by atoms with Gasteiger partial charge in [0, 0.05) is 12.4 Å². The summed E-state index contributed by atoms with van der Waals surface area (Å²) in [6.45, 7) is -0.421. The average molecular weight is 348 g/mol. The summed E-state index contributed by atoms with van der Waals surface area (Å²) in [7, 11) is 0. The van der Waals surface area contributed by atoms with Crippen LogP contribution in [0, 0.1) is 0 Å². The van der Waals surface area contributed by atoms with Crippen molar-refractivity contribution in [3.8, 4) is 0 Å². The van der Waals surface area contributed by atoms with Gasteiger partial charge in [-0.15, -0.1) is 0 Å². The molecule has 25 heavy (non-hydrogen) atoms. The van der Waals surface area contributed by atoms with Crippen LogP contribution in [0.4, 0.5) is 0 Å². The van der Waals surface area contributed by atoms with Gasteiger partial charge in [-0.3, -0.25) is 9.36 Å². The minimum Gasteiger partial charge on any atom is -0.394 e. The highest BCUT2D eigenvalue weighted by molar-refractivity contribution is 5.68. The summed E-state index contributed by atoms with van der Waals surface area (Å²) in [6, 6.07) is 1.78. The zero-order chi connectivity index (χ0) is 17.8. The molecule has 11 nitrogen and oxygen atoms in total. The molecule has 1 fully saturated rings. The van der Waals surface area contributed by atoms with Crippen molar-refractivity contribution in [1.29, 1.82) is 0 Å². The highest BCUT2D eigenvalue weighted by Gasteiger charge is 2.43. The van der Waals surface area contributed by atoms with E-state index in [2.05, 4.69) is 24.9 Å². The summed E-state index contributed by atoms with van der Waals surface area (Å²) in [4.78, 5) is 29.1. The van der Waals surface area contributed by atoms with E-state index in [4.69, 9.17) is 9.84 Å². The van der Waals surface area contributed by atoms with E-state index in [0.29, 0.717) is 0 Å². The summed E-state index contributed by atoms with van der Waals surface area (Å²) >= 11 is 0. The van der Waals surface area contributed by atoms with E-state index in [9.17, 15) is 15.0 Å². The molecule has 4 rings (SSSR count). The Morgan fingerprint density at radius 3 is 2.52 bits per heavy atom. The Hall–Kier alpha value is -2.73. The van der Waals surface area contributed by atoms with Gasteiger partial charge in [0.2, 0.25) is 0 Å². The molecule has 132 valence electrons. The van der Waals surface area contributed by atoms with E-state index in [1.54, 1.807) is 18.5 Å². The SMILES string of the molecule is O=c1[nH]cnc2c1ncn2[C@@H]1O[C@H](CO)[C@@H](O)[C@H]1O.c1cncnc1. The zero-order valence-corrected chi connectivity index (χ0v) is 12.9. The van der Waals surface area contributed by atoms with Crippen LogP contribution in [0.2, 0.25) is 0 Å². The van der Waals surface area contributed by atoms with Gasteiger partial charge in [-0.25, -0.2) is 19.9 Å². The maximum absolute atomic E-state index is 11.5. The molecule has 0 aromatic carbocycles. The van der Waals surface area contributed by atoms with Crippen molar-refractivity contribution in [2.45, 2.75) is 24.5 Å². The van der Waals surface area contributed by atoms with Crippen LogP contribution in [-0.2, 0) is 4.74 Å². The first-order valence-electron chi connectivity index (χ1n) is 7.36. The maximum Gasteiger partial charge on any atom is 0.278 e. The number of nitrogens with one attached hydrogen (secondary N) is 1. The quantitative estimate of drug-likeness (QED) is 0.419. The van der Waals surface area contributed by atoms with Gasteiger partial charge in [0.05, 0.1) is 19.3 Å². The zero-order valence-electron chi connectivity index (χ0n) is 12.9. The summed E-state index contributed by atoms with van der Waals surface area (Å²) in [5, 5.41) is 28.6. The normalized spacial score (nSPS) is 25.6. The molecule has 0 saturated carbocycles. The minimum absolute atomic E-state index is 0.111. The molecule has 0 radical (unpaired) electrons. The van der Waals surface area contributed by atoms with Crippen molar-refractivity contribution < 1.29 is 20.1 Å². The average Bonchev–Trinajstić information content (AvgIpc) is 3.20. The number of nitrogens with zero attached hydrogens (tertiary/aromatic N) is 5. The van der Waals surface area contributed by atoms with Crippen molar-refractivity contribution in [2.24, 2.45) is 0 Å². The molecule has 0 unspecified atom stereocenters. The minimum atomic E-state index is -1.24. The summed E-state index contributed by atoms with van der Waals surface area (Å²) < 4.78 is 6.70. The molecule has 11 heteroatoms. The number of rotatable bonds is 2. The largest absolute Gasteiger partial charge is 0.394 e. The number of aromatic amines is 1. The Kier molecular flexibility index (Phi) is 5.09. The second-order valence-electron chi connectivity index (χ2n) is 5.19. The van der Waals surface area contributed by atoms with Crippen LogP contribution in [0.5, 0.6) is 0 Å². The predicted octanol–water partition coefficient (Wildman–Crippen LogP) is -1.79. The van der Waals surface area contributed by atoms with Crippen molar-refractivity contribution in [3.63, 3.8) is 0 Å². The molecule has 0 spiro atoms. The number of hydrogen-bond donors (Lipinski definition) is 4. The van der Waals surface area contributed by atoms with Gasteiger partial charge in [-0.2, -0.15) is 0 Å². The number of aliphatic hydroxyl groups excluding tert-OH is 3. The molecule has 0 amide bonds. The number of hydrogen-bond acceptors (Lipinski definition) is 9. The van der Waals surface area contributed by atoms with Crippen LogP contribution in [0.3, 0.4) is 0 Å². The van der Waals surface area contributed by atoms with Crippen LogP contribution < -0.4 is 5.56 Å².